The zero-order valence-electron chi connectivity index (χ0n) is 18.6. The molecule has 0 aromatic carbocycles. The maximum Gasteiger partial charge on any atom is 0.303 e. The number of carbonyl (C=O) groups is 5. The van der Waals surface area contributed by atoms with Gasteiger partial charge in [-0.2, -0.15) is 0 Å². The molecule has 0 spiro atoms. The van der Waals surface area contributed by atoms with Crippen molar-refractivity contribution in [2.75, 3.05) is 26.3 Å². The van der Waals surface area contributed by atoms with E-state index in [-0.39, 0.29) is 6.61 Å². The van der Waals surface area contributed by atoms with E-state index in [0.717, 1.165) is 13.8 Å². The van der Waals surface area contributed by atoms with Crippen LogP contribution >= 0.6 is 0 Å². The Hall–Kier alpha value is -2.77. The van der Waals surface area contributed by atoms with Crippen LogP contribution in [0, 0.1) is 0 Å². The monoisotopic (exact) mass is 461 g/mol. The summed E-state index contributed by atoms with van der Waals surface area (Å²) in [6, 6.07) is -1.13. The fraction of sp³-hybridized carbons (Fsp3) is 0.737. The van der Waals surface area contributed by atoms with Gasteiger partial charge < -0.3 is 40.1 Å². The first-order valence-corrected chi connectivity index (χ1v) is 10.0. The summed E-state index contributed by atoms with van der Waals surface area (Å²) in [5, 5.41) is 5.14. The smallest absolute Gasteiger partial charge is 0.303 e. The Morgan fingerprint density at radius 1 is 0.938 bits per heavy atom. The molecule has 1 aliphatic rings. The van der Waals surface area contributed by atoms with Gasteiger partial charge in [0.2, 0.25) is 11.8 Å². The molecule has 13 nitrogen and oxygen atoms in total. The summed E-state index contributed by atoms with van der Waals surface area (Å²) in [4.78, 5) is 58.5. The van der Waals surface area contributed by atoms with Crippen LogP contribution in [0.3, 0.4) is 0 Å². The molecule has 0 radical (unpaired) electrons. The molecule has 1 heterocycles. The van der Waals surface area contributed by atoms with E-state index in [2.05, 4.69) is 10.6 Å². The summed E-state index contributed by atoms with van der Waals surface area (Å²) < 4.78 is 26.9. The lowest BCUT2D eigenvalue weighted by atomic mass is 9.96. The summed E-state index contributed by atoms with van der Waals surface area (Å²) in [6.07, 6.45) is -4.31. The van der Waals surface area contributed by atoms with E-state index in [1.807, 2.05) is 0 Å². The quantitative estimate of drug-likeness (QED) is 0.178. The van der Waals surface area contributed by atoms with Crippen molar-refractivity contribution in [3.8, 4) is 0 Å². The third kappa shape index (κ3) is 9.58. The van der Waals surface area contributed by atoms with E-state index in [4.69, 9.17) is 29.4 Å². The second-order valence-corrected chi connectivity index (χ2v) is 7.02. The van der Waals surface area contributed by atoms with Crippen molar-refractivity contribution in [3.63, 3.8) is 0 Å². The van der Waals surface area contributed by atoms with E-state index < -0.39 is 67.0 Å². The van der Waals surface area contributed by atoms with Crippen LogP contribution in [0.5, 0.6) is 0 Å². The lowest BCUT2D eigenvalue weighted by Gasteiger charge is -2.44. The number of nitrogens with two attached hydrogens (primary N) is 1. The fourth-order valence-electron chi connectivity index (χ4n) is 2.97. The van der Waals surface area contributed by atoms with Crippen molar-refractivity contribution in [3.05, 3.63) is 0 Å². The number of carbonyl (C=O) groups excluding carboxylic acids is 5. The van der Waals surface area contributed by atoms with Crippen LogP contribution in [0.2, 0.25) is 0 Å². The molecule has 1 fully saturated rings. The van der Waals surface area contributed by atoms with Gasteiger partial charge in [-0.15, -0.1) is 0 Å². The molecule has 0 bridgehead atoms. The molecule has 5 atom stereocenters. The molecule has 182 valence electrons. The maximum absolute atomic E-state index is 12.0. The van der Waals surface area contributed by atoms with Gasteiger partial charge in [0.25, 0.3) is 0 Å². The van der Waals surface area contributed by atoms with E-state index >= 15 is 0 Å². The zero-order chi connectivity index (χ0) is 24.3. The minimum atomic E-state index is -1.30. The highest BCUT2D eigenvalue weighted by molar-refractivity contribution is 5.77. The molecule has 13 heteroatoms. The first kappa shape index (κ1) is 27.3. The van der Waals surface area contributed by atoms with Gasteiger partial charge in [-0.25, -0.2) is 0 Å². The van der Waals surface area contributed by atoms with Gasteiger partial charge in [-0.3, -0.25) is 24.0 Å². The molecule has 0 aromatic rings. The fourth-order valence-corrected chi connectivity index (χ4v) is 2.97. The first-order valence-electron chi connectivity index (χ1n) is 10.0. The van der Waals surface area contributed by atoms with Gasteiger partial charge in [-0.05, 0) is 13.0 Å². The number of esters is 3. The van der Waals surface area contributed by atoms with Gasteiger partial charge in [0.05, 0.1) is 0 Å². The summed E-state index contributed by atoms with van der Waals surface area (Å²) >= 11 is 0. The Balaban J connectivity index is 3.15. The zero-order valence-corrected chi connectivity index (χ0v) is 18.6. The van der Waals surface area contributed by atoms with Crippen LogP contribution in [0.25, 0.3) is 0 Å². The van der Waals surface area contributed by atoms with Crippen molar-refractivity contribution < 1.29 is 47.7 Å². The second-order valence-electron chi connectivity index (χ2n) is 7.02. The standard InChI is InChI=1S/C19H31N3O10/c1-10(23)22-16-18(31-13(4)26)17(30-12(3)25)14(8-28-11(2)24)32-19(16)29-9-15(27)21-7-5-6-20/h14,16-19H,5-9,20H2,1-4H3,(H,21,27)(H,22,23)/t14-,16-,17+,18-,19-/m1/s1. The number of nitrogens with one attached hydrogen (secondary N) is 2. The number of rotatable bonds is 11. The molecular weight excluding hydrogens is 430 g/mol. The molecule has 0 unspecified atom stereocenters. The summed E-state index contributed by atoms with van der Waals surface area (Å²) in [6.45, 7) is 4.59. The number of hydrogen-bond donors (Lipinski definition) is 3. The average Bonchev–Trinajstić information content (AvgIpc) is 2.67. The summed E-state index contributed by atoms with van der Waals surface area (Å²) in [5.41, 5.74) is 5.38. The van der Waals surface area contributed by atoms with E-state index in [1.54, 1.807) is 0 Å². The minimum absolute atomic E-state index is 0.346. The Labute approximate surface area is 185 Å². The third-order valence-corrected chi connectivity index (χ3v) is 4.15. The van der Waals surface area contributed by atoms with Crippen LogP contribution in [0.1, 0.15) is 34.1 Å². The topological polar surface area (TPSA) is 182 Å². The predicted molar refractivity (Wildman–Crippen MR) is 107 cm³/mol. The predicted octanol–water partition coefficient (Wildman–Crippen LogP) is -1.88. The highest BCUT2D eigenvalue weighted by Gasteiger charge is 2.51. The minimum Gasteiger partial charge on any atom is -0.463 e. The SMILES string of the molecule is CC(=O)N[C@H]1[C@H](OCC(=O)NCCCN)O[C@H](COC(C)=O)[C@H](OC(C)=O)[C@@H]1OC(C)=O. The van der Waals surface area contributed by atoms with Crippen LogP contribution < -0.4 is 16.4 Å². The number of ether oxygens (including phenoxy) is 5. The second kappa shape index (κ2) is 13.6. The van der Waals surface area contributed by atoms with Crippen molar-refractivity contribution in [1.82, 2.24) is 10.6 Å². The molecule has 1 saturated heterocycles. The van der Waals surface area contributed by atoms with Crippen LogP contribution in [0.15, 0.2) is 0 Å². The van der Waals surface area contributed by atoms with Crippen molar-refractivity contribution in [1.29, 1.82) is 0 Å². The molecule has 0 aromatic heterocycles. The Kier molecular flexibility index (Phi) is 11.6. The highest BCUT2D eigenvalue weighted by Crippen LogP contribution is 2.28. The van der Waals surface area contributed by atoms with E-state index in [0.29, 0.717) is 19.5 Å². The summed E-state index contributed by atoms with van der Waals surface area (Å²) in [5.74, 6) is -3.05. The van der Waals surface area contributed by atoms with Crippen molar-refractivity contribution in [2.24, 2.45) is 5.73 Å². The molecule has 32 heavy (non-hydrogen) atoms. The van der Waals surface area contributed by atoms with Gasteiger partial charge >= 0.3 is 17.9 Å². The molecule has 0 saturated carbocycles. The molecule has 2 amide bonds. The Morgan fingerprint density at radius 3 is 2.09 bits per heavy atom. The van der Waals surface area contributed by atoms with Crippen LogP contribution in [0.4, 0.5) is 0 Å². The lowest BCUT2D eigenvalue weighted by Crippen LogP contribution is -2.66. The van der Waals surface area contributed by atoms with Crippen LogP contribution in [-0.4, -0.2) is 86.7 Å². The van der Waals surface area contributed by atoms with E-state index in [1.165, 1.54) is 13.8 Å². The van der Waals surface area contributed by atoms with Gasteiger partial charge in [0.1, 0.15) is 25.4 Å². The van der Waals surface area contributed by atoms with E-state index in [9.17, 15) is 24.0 Å². The van der Waals surface area contributed by atoms with Crippen molar-refractivity contribution >= 4 is 29.7 Å². The molecule has 1 aliphatic heterocycles. The molecule has 1 rings (SSSR count). The van der Waals surface area contributed by atoms with Gasteiger partial charge in [0, 0.05) is 34.2 Å². The Bertz CT molecular complexity index is 686. The van der Waals surface area contributed by atoms with Gasteiger partial charge in [0.15, 0.2) is 18.5 Å². The van der Waals surface area contributed by atoms with Gasteiger partial charge in [-0.1, -0.05) is 0 Å². The maximum atomic E-state index is 12.0. The number of hydrogen-bond acceptors (Lipinski definition) is 11. The number of amides is 2. The van der Waals surface area contributed by atoms with Crippen molar-refractivity contribution in [2.45, 2.75) is 64.8 Å². The normalized spacial score (nSPS) is 24.7. The highest BCUT2D eigenvalue weighted by atomic mass is 16.7. The molecule has 4 N–H and O–H groups in total. The summed E-state index contributed by atoms with van der Waals surface area (Å²) in [7, 11) is 0. The van der Waals surface area contributed by atoms with Crippen LogP contribution in [-0.2, 0) is 47.7 Å². The first-order chi connectivity index (χ1) is 15.0. The third-order valence-electron chi connectivity index (χ3n) is 4.15. The average molecular weight is 461 g/mol. The molecule has 0 aliphatic carbocycles. The Morgan fingerprint density at radius 2 is 1.56 bits per heavy atom. The molecular formula is C19H31N3O10. The largest absolute Gasteiger partial charge is 0.463 e. The lowest BCUT2D eigenvalue weighted by molar-refractivity contribution is -0.276.